The summed E-state index contributed by atoms with van der Waals surface area (Å²) >= 11 is 1.34. The SMILES string of the molecule is CCOC(=O)c1sc(C(C)NC(=NC)NCc2ccc(OC(C)C)cc2)nc1C. The Balaban J connectivity index is 1.94. The summed E-state index contributed by atoms with van der Waals surface area (Å²) in [6, 6.07) is 7.87. The Bertz CT molecular complexity index is 831. The molecule has 29 heavy (non-hydrogen) atoms. The number of hydrogen-bond donors (Lipinski definition) is 2. The Labute approximate surface area is 176 Å². The molecule has 1 aromatic heterocycles. The second-order valence-electron chi connectivity index (χ2n) is 6.79. The molecule has 1 aromatic carbocycles. The largest absolute Gasteiger partial charge is 0.491 e. The average Bonchev–Trinajstić information content (AvgIpc) is 3.08. The summed E-state index contributed by atoms with van der Waals surface area (Å²) in [6.07, 6.45) is 0.155. The van der Waals surface area contributed by atoms with Crippen molar-refractivity contribution < 1.29 is 14.3 Å². The lowest BCUT2D eigenvalue weighted by Gasteiger charge is -2.16. The molecule has 0 spiro atoms. The molecule has 0 saturated heterocycles. The number of esters is 1. The number of hydrogen-bond acceptors (Lipinski definition) is 6. The molecule has 158 valence electrons. The number of aromatic nitrogens is 1. The van der Waals surface area contributed by atoms with E-state index in [1.807, 2.05) is 52.0 Å². The standard InChI is InChI=1S/C21H30N4O3S/c1-7-27-20(26)18-14(4)24-19(29-18)15(5)25-21(22-6)23-12-16-8-10-17(11-9-16)28-13(2)3/h8-11,13,15H,7,12H2,1-6H3,(H2,22,23,25). The molecular weight excluding hydrogens is 388 g/mol. The quantitative estimate of drug-likeness (QED) is 0.385. The van der Waals surface area contributed by atoms with Crippen molar-refractivity contribution in [1.82, 2.24) is 15.6 Å². The van der Waals surface area contributed by atoms with Crippen molar-refractivity contribution in [2.24, 2.45) is 4.99 Å². The summed E-state index contributed by atoms with van der Waals surface area (Å²) in [5.74, 6) is 1.19. The van der Waals surface area contributed by atoms with Crippen LogP contribution < -0.4 is 15.4 Å². The molecule has 7 nitrogen and oxygen atoms in total. The lowest BCUT2D eigenvalue weighted by molar-refractivity contribution is 0.0531. The van der Waals surface area contributed by atoms with Crippen molar-refractivity contribution in [3.05, 3.63) is 45.4 Å². The minimum atomic E-state index is -0.326. The third-order valence-electron chi connectivity index (χ3n) is 3.98. The highest BCUT2D eigenvalue weighted by Gasteiger charge is 2.20. The Kier molecular flexibility index (Phi) is 8.45. The van der Waals surface area contributed by atoms with Gasteiger partial charge >= 0.3 is 5.97 Å². The van der Waals surface area contributed by atoms with Crippen LogP contribution in [-0.2, 0) is 11.3 Å². The number of nitrogens with one attached hydrogen (secondary N) is 2. The van der Waals surface area contributed by atoms with Gasteiger partial charge in [-0.2, -0.15) is 0 Å². The molecule has 0 fully saturated rings. The van der Waals surface area contributed by atoms with E-state index in [-0.39, 0.29) is 18.1 Å². The van der Waals surface area contributed by atoms with Crippen LogP contribution in [0.5, 0.6) is 5.75 Å². The average molecular weight is 419 g/mol. The maximum Gasteiger partial charge on any atom is 0.350 e. The van der Waals surface area contributed by atoms with E-state index in [1.165, 1.54) is 11.3 Å². The molecule has 2 aromatic rings. The highest BCUT2D eigenvalue weighted by Crippen LogP contribution is 2.24. The first-order chi connectivity index (χ1) is 13.8. The second kappa shape index (κ2) is 10.8. The highest BCUT2D eigenvalue weighted by atomic mass is 32.1. The van der Waals surface area contributed by atoms with Crippen LogP contribution in [-0.4, -0.2) is 36.7 Å². The van der Waals surface area contributed by atoms with Gasteiger partial charge in [-0.05, 0) is 52.3 Å². The molecule has 0 bridgehead atoms. The van der Waals surface area contributed by atoms with Crippen LogP contribution >= 0.6 is 11.3 Å². The summed E-state index contributed by atoms with van der Waals surface area (Å²) in [5, 5.41) is 7.42. The summed E-state index contributed by atoms with van der Waals surface area (Å²) in [4.78, 5) is 21.3. The number of nitrogens with zero attached hydrogens (tertiary/aromatic N) is 2. The molecule has 0 saturated carbocycles. The van der Waals surface area contributed by atoms with E-state index in [1.54, 1.807) is 14.0 Å². The van der Waals surface area contributed by atoms with Gasteiger partial charge in [-0.25, -0.2) is 9.78 Å². The predicted molar refractivity (Wildman–Crippen MR) is 117 cm³/mol. The molecule has 1 heterocycles. The lowest BCUT2D eigenvalue weighted by Crippen LogP contribution is -2.38. The number of ether oxygens (including phenoxy) is 2. The maximum absolute atomic E-state index is 12.0. The topological polar surface area (TPSA) is 84.8 Å². The maximum atomic E-state index is 12.0. The van der Waals surface area contributed by atoms with Crippen LogP contribution in [0.2, 0.25) is 0 Å². The van der Waals surface area contributed by atoms with Crippen LogP contribution in [0, 0.1) is 6.92 Å². The van der Waals surface area contributed by atoms with Crippen molar-refractivity contribution in [3.8, 4) is 5.75 Å². The van der Waals surface area contributed by atoms with Crippen molar-refractivity contribution in [3.63, 3.8) is 0 Å². The number of carbonyl (C=O) groups excluding carboxylic acids is 1. The van der Waals surface area contributed by atoms with Gasteiger partial charge in [0.2, 0.25) is 0 Å². The number of guanidine groups is 1. The van der Waals surface area contributed by atoms with Crippen LogP contribution in [0.4, 0.5) is 0 Å². The molecule has 2 rings (SSSR count). The molecule has 8 heteroatoms. The first-order valence-electron chi connectivity index (χ1n) is 9.71. The fraction of sp³-hybridized carbons (Fsp3) is 0.476. The molecular formula is C21H30N4O3S. The molecule has 2 N–H and O–H groups in total. The van der Waals surface area contributed by atoms with Crippen molar-refractivity contribution in [2.45, 2.75) is 53.3 Å². The van der Waals surface area contributed by atoms with Crippen LogP contribution in [0.3, 0.4) is 0 Å². The van der Waals surface area contributed by atoms with E-state index < -0.39 is 0 Å². The summed E-state index contributed by atoms with van der Waals surface area (Å²) in [7, 11) is 1.72. The third-order valence-corrected chi connectivity index (χ3v) is 5.30. The highest BCUT2D eigenvalue weighted by molar-refractivity contribution is 7.13. The molecule has 0 aliphatic heterocycles. The Hall–Kier alpha value is -2.61. The van der Waals surface area contributed by atoms with Crippen molar-refractivity contribution in [2.75, 3.05) is 13.7 Å². The first kappa shape index (κ1) is 22.7. The number of thiazole rings is 1. The van der Waals surface area contributed by atoms with Crippen molar-refractivity contribution >= 4 is 23.3 Å². The van der Waals surface area contributed by atoms with Crippen LogP contribution in [0.1, 0.15) is 59.7 Å². The van der Waals surface area contributed by atoms with Gasteiger partial charge < -0.3 is 20.1 Å². The lowest BCUT2D eigenvalue weighted by atomic mass is 10.2. The third kappa shape index (κ3) is 6.74. The predicted octanol–water partition coefficient (Wildman–Crippen LogP) is 3.84. The number of benzene rings is 1. The molecule has 1 atom stereocenters. The normalized spacial score (nSPS) is 12.6. The van der Waals surface area contributed by atoms with Gasteiger partial charge in [-0.15, -0.1) is 11.3 Å². The van der Waals surface area contributed by atoms with Gasteiger partial charge in [-0.1, -0.05) is 12.1 Å². The number of aliphatic imine (C=N–C) groups is 1. The van der Waals surface area contributed by atoms with E-state index >= 15 is 0 Å². The van der Waals surface area contributed by atoms with Gasteiger partial charge in [0, 0.05) is 13.6 Å². The summed E-state index contributed by atoms with van der Waals surface area (Å²) in [6.45, 7) is 10.6. The van der Waals surface area contributed by atoms with E-state index in [2.05, 4.69) is 20.6 Å². The zero-order chi connectivity index (χ0) is 21.4. The summed E-state index contributed by atoms with van der Waals surface area (Å²) in [5.41, 5.74) is 1.80. The minimum Gasteiger partial charge on any atom is -0.491 e. The van der Waals surface area contributed by atoms with E-state index in [0.717, 1.165) is 16.3 Å². The van der Waals surface area contributed by atoms with Gasteiger partial charge in [0.15, 0.2) is 5.96 Å². The van der Waals surface area contributed by atoms with Gasteiger partial charge in [0.1, 0.15) is 15.6 Å². The van der Waals surface area contributed by atoms with Crippen LogP contribution in [0.25, 0.3) is 0 Å². The zero-order valence-electron chi connectivity index (χ0n) is 17.9. The Morgan fingerprint density at radius 2 is 1.93 bits per heavy atom. The van der Waals surface area contributed by atoms with Gasteiger partial charge in [0.05, 0.1) is 24.4 Å². The van der Waals surface area contributed by atoms with Gasteiger partial charge in [0.25, 0.3) is 0 Å². The fourth-order valence-corrected chi connectivity index (χ4v) is 3.56. The molecule has 0 aliphatic rings. The Morgan fingerprint density at radius 1 is 1.24 bits per heavy atom. The summed E-state index contributed by atoms with van der Waals surface area (Å²) < 4.78 is 10.8. The van der Waals surface area contributed by atoms with E-state index in [9.17, 15) is 4.79 Å². The molecule has 0 radical (unpaired) electrons. The van der Waals surface area contributed by atoms with E-state index in [4.69, 9.17) is 9.47 Å². The van der Waals surface area contributed by atoms with Crippen LogP contribution in [0.15, 0.2) is 29.3 Å². The van der Waals surface area contributed by atoms with Crippen molar-refractivity contribution in [1.29, 1.82) is 0 Å². The molecule has 1 unspecified atom stereocenters. The zero-order valence-corrected chi connectivity index (χ0v) is 18.7. The number of carbonyl (C=O) groups is 1. The van der Waals surface area contributed by atoms with E-state index in [0.29, 0.717) is 29.7 Å². The molecule has 0 amide bonds. The Morgan fingerprint density at radius 3 is 2.52 bits per heavy atom. The number of rotatable bonds is 8. The number of aryl methyl sites for hydroxylation is 1. The first-order valence-corrected chi connectivity index (χ1v) is 10.5. The monoisotopic (exact) mass is 418 g/mol. The molecule has 0 aliphatic carbocycles. The fourth-order valence-electron chi connectivity index (χ4n) is 2.59. The minimum absolute atomic E-state index is 0.102. The smallest absolute Gasteiger partial charge is 0.350 e. The second-order valence-corrected chi connectivity index (χ2v) is 7.82. The van der Waals surface area contributed by atoms with Gasteiger partial charge in [-0.3, -0.25) is 4.99 Å².